The minimum Gasteiger partial charge on any atom is -0.361 e. The number of fused-ring (bicyclic) bond motifs is 1. The highest BCUT2D eigenvalue weighted by molar-refractivity contribution is 7.10. The summed E-state index contributed by atoms with van der Waals surface area (Å²) in [6.07, 6.45) is 1.99. The molecule has 0 saturated carbocycles. The van der Waals surface area contributed by atoms with Crippen molar-refractivity contribution in [3.63, 3.8) is 0 Å². The summed E-state index contributed by atoms with van der Waals surface area (Å²) in [7, 11) is 0. The zero-order chi connectivity index (χ0) is 13.9. The maximum absolute atomic E-state index is 3.69. The topological polar surface area (TPSA) is 27.8 Å². The number of aromatic nitrogens is 1. The van der Waals surface area contributed by atoms with Crippen LogP contribution >= 0.6 is 11.3 Å². The fraction of sp³-hybridized carbons (Fsp3) is 0.294. The molecular weight excluding hydrogens is 264 g/mol. The zero-order valence-electron chi connectivity index (χ0n) is 11.9. The van der Waals surface area contributed by atoms with Crippen LogP contribution < -0.4 is 5.32 Å². The molecule has 104 valence electrons. The summed E-state index contributed by atoms with van der Waals surface area (Å²) < 4.78 is 0. The van der Waals surface area contributed by atoms with Gasteiger partial charge in [0.25, 0.3) is 0 Å². The number of H-pyrrole nitrogens is 1. The van der Waals surface area contributed by atoms with Crippen molar-refractivity contribution in [2.75, 3.05) is 0 Å². The average Bonchev–Trinajstić information content (AvgIpc) is 3.08. The molecule has 0 aliphatic rings. The second kappa shape index (κ2) is 5.81. The molecule has 2 heterocycles. The normalized spacial score (nSPS) is 13.2. The quantitative estimate of drug-likeness (QED) is 0.697. The second-order valence-electron chi connectivity index (χ2n) is 5.52. The van der Waals surface area contributed by atoms with Crippen molar-refractivity contribution in [2.24, 2.45) is 5.92 Å². The number of aromatic amines is 1. The van der Waals surface area contributed by atoms with Gasteiger partial charge >= 0.3 is 0 Å². The predicted octanol–water partition coefficient (Wildman–Crippen LogP) is 4.72. The molecule has 0 bridgehead atoms. The number of nitrogens with one attached hydrogen (secondary N) is 2. The van der Waals surface area contributed by atoms with Crippen LogP contribution in [0.2, 0.25) is 0 Å². The number of benzene rings is 1. The lowest BCUT2D eigenvalue weighted by molar-refractivity contribution is 0.416. The molecule has 0 fully saturated rings. The SMILES string of the molecule is CC(C)C(NCc1ccc2cc[nH]c2c1)c1cccs1. The van der Waals surface area contributed by atoms with Crippen LogP contribution in [0.4, 0.5) is 0 Å². The van der Waals surface area contributed by atoms with Crippen LogP contribution in [0, 0.1) is 5.92 Å². The first-order chi connectivity index (χ1) is 9.74. The smallest absolute Gasteiger partial charge is 0.0457 e. The Morgan fingerprint density at radius 3 is 2.85 bits per heavy atom. The number of rotatable bonds is 5. The van der Waals surface area contributed by atoms with Gasteiger partial charge in [-0.15, -0.1) is 11.3 Å². The van der Waals surface area contributed by atoms with Gasteiger partial charge in [-0.05, 0) is 40.4 Å². The molecular formula is C17H20N2S. The first-order valence-electron chi connectivity index (χ1n) is 7.07. The van der Waals surface area contributed by atoms with E-state index in [2.05, 4.69) is 65.9 Å². The van der Waals surface area contributed by atoms with E-state index in [4.69, 9.17) is 0 Å². The maximum atomic E-state index is 3.69. The number of thiophene rings is 1. The zero-order valence-corrected chi connectivity index (χ0v) is 12.7. The van der Waals surface area contributed by atoms with E-state index in [-0.39, 0.29) is 0 Å². The van der Waals surface area contributed by atoms with Crippen LogP contribution in [0.3, 0.4) is 0 Å². The third-order valence-electron chi connectivity index (χ3n) is 3.66. The Hall–Kier alpha value is -1.58. The highest BCUT2D eigenvalue weighted by atomic mass is 32.1. The summed E-state index contributed by atoms with van der Waals surface area (Å²) in [5.74, 6) is 0.586. The summed E-state index contributed by atoms with van der Waals surface area (Å²) in [5, 5.41) is 7.11. The van der Waals surface area contributed by atoms with Gasteiger partial charge in [-0.25, -0.2) is 0 Å². The highest BCUT2D eigenvalue weighted by Crippen LogP contribution is 2.26. The lowest BCUT2D eigenvalue weighted by Crippen LogP contribution is -2.24. The molecule has 3 aromatic rings. The third kappa shape index (κ3) is 2.79. The molecule has 0 radical (unpaired) electrons. The molecule has 1 unspecified atom stereocenters. The molecule has 20 heavy (non-hydrogen) atoms. The molecule has 2 N–H and O–H groups in total. The van der Waals surface area contributed by atoms with Crippen molar-refractivity contribution in [1.82, 2.24) is 10.3 Å². The van der Waals surface area contributed by atoms with Crippen molar-refractivity contribution in [2.45, 2.75) is 26.4 Å². The van der Waals surface area contributed by atoms with E-state index < -0.39 is 0 Å². The van der Waals surface area contributed by atoms with Crippen LogP contribution in [0.5, 0.6) is 0 Å². The largest absolute Gasteiger partial charge is 0.361 e. The summed E-state index contributed by atoms with van der Waals surface area (Å²) in [5.41, 5.74) is 2.53. The summed E-state index contributed by atoms with van der Waals surface area (Å²) >= 11 is 1.83. The molecule has 0 spiro atoms. The van der Waals surface area contributed by atoms with Gasteiger partial charge in [-0.1, -0.05) is 32.0 Å². The van der Waals surface area contributed by atoms with Gasteiger partial charge in [0.05, 0.1) is 0 Å². The van der Waals surface area contributed by atoms with Crippen LogP contribution in [0.15, 0.2) is 48.0 Å². The van der Waals surface area contributed by atoms with Crippen LogP contribution in [0.1, 0.15) is 30.3 Å². The van der Waals surface area contributed by atoms with E-state index in [1.54, 1.807) is 0 Å². The molecule has 1 atom stereocenters. The molecule has 0 saturated heterocycles. The Morgan fingerprint density at radius 2 is 2.10 bits per heavy atom. The second-order valence-corrected chi connectivity index (χ2v) is 6.50. The van der Waals surface area contributed by atoms with Crippen LogP contribution in [-0.4, -0.2) is 4.98 Å². The molecule has 1 aromatic carbocycles. The molecule has 2 nitrogen and oxygen atoms in total. The first-order valence-corrected chi connectivity index (χ1v) is 7.95. The fourth-order valence-corrected chi connectivity index (χ4v) is 3.54. The third-order valence-corrected chi connectivity index (χ3v) is 4.62. The van der Waals surface area contributed by atoms with Gasteiger partial charge < -0.3 is 10.3 Å². The molecule has 0 amide bonds. The standard InChI is InChI=1S/C17H20N2S/c1-12(2)17(16-4-3-9-20-16)19-11-13-5-6-14-7-8-18-15(14)10-13/h3-10,12,17-19H,11H2,1-2H3. The summed E-state index contributed by atoms with van der Waals surface area (Å²) in [6, 6.07) is 13.5. The Kier molecular flexibility index (Phi) is 3.90. The van der Waals surface area contributed by atoms with E-state index in [0.29, 0.717) is 12.0 Å². The number of hydrogen-bond donors (Lipinski definition) is 2. The highest BCUT2D eigenvalue weighted by Gasteiger charge is 2.15. The van der Waals surface area contributed by atoms with Crippen molar-refractivity contribution >= 4 is 22.2 Å². The van der Waals surface area contributed by atoms with Crippen LogP contribution in [-0.2, 0) is 6.54 Å². The Labute approximate surface area is 123 Å². The number of hydrogen-bond acceptors (Lipinski definition) is 2. The first kappa shape index (κ1) is 13.4. The van der Waals surface area contributed by atoms with E-state index in [0.717, 1.165) is 6.54 Å². The lowest BCUT2D eigenvalue weighted by Gasteiger charge is -2.21. The Balaban J connectivity index is 1.73. The van der Waals surface area contributed by atoms with Gasteiger partial charge in [0, 0.05) is 29.2 Å². The van der Waals surface area contributed by atoms with Crippen molar-refractivity contribution in [3.8, 4) is 0 Å². The molecule has 3 rings (SSSR count). The lowest BCUT2D eigenvalue weighted by atomic mass is 10.0. The minimum atomic E-state index is 0.425. The van der Waals surface area contributed by atoms with Gasteiger partial charge in [0.2, 0.25) is 0 Å². The molecule has 2 aromatic heterocycles. The van der Waals surface area contributed by atoms with Gasteiger partial charge in [0.1, 0.15) is 0 Å². The van der Waals surface area contributed by atoms with E-state index in [9.17, 15) is 0 Å². The molecule has 3 heteroatoms. The van der Waals surface area contributed by atoms with Gasteiger partial charge in [-0.2, -0.15) is 0 Å². The van der Waals surface area contributed by atoms with E-state index in [1.165, 1.54) is 21.3 Å². The monoisotopic (exact) mass is 284 g/mol. The average molecular weight is 284 g/mol. The van der Waals surface area contributed by atoms with Gasteiger partial charge in [-0.3, -0.25) is 0 Å². The predicted molar refractivity (Wildman–Crippen MR) is 87.0 cm³/mol. The fourth-order valence-electron chi connectivity index (χ4n) is 2.57. The van der Waals surface area contributed by atoms with Crippen molar-refractivity contribution in [1.29, 1.82) is 0 Å². The van der Waals surface area contributed by atoms with Crippen LogP contribution in [0.25, 0.3) is 10.9 Å². The Morgan fingerprint density at radius 1 is 1.20 bits per heavy atom. The van der Waals surface area contributed by atoms with E-state index >= 15 is 0 Å². The minimum absolute atomic E-state index is 0.425. The van der Waals surface area contributed by atoms with Gasteiger partial charge in [0.15, 0.2) is 0 Å². The molecule has 0 aliphatic heterocycles. The van der Waals surface area contributed by atoms with E-state index in [1.807, 2.05) is 17.5 Å². The molecule has 0 aliphatic carbocycles. The van der Waals surface area contributed by atoms with Crippen molar-refractivity contribution < 1.29 is 0 Å². The van der Waals surface area contributed by atoms with Crippen molar-refractivity contribution in [3.05, 3.63) is 58.4 Å². The Bertz CT molecular complexity index is 667. The maximum Gasteiger partial charge on any atom is 0.0457 e. The summed E-state index contributed by atoms with van der Waals surface area (Å²) in [4.78, 5) is 4.69. The summed E-state index contributed by atoms with van der Waals surface area (Å²) in [6.45, 7) is 5.44.